The number of aliphatic imine (C=N–C) groups is 1. The Labute approximate surface area is 147 Å². The molecule has 2 heterocycles. The van der Waals surface area contributed by atoms with Gasteiger partial charge in [0.05, 0.1) is 10.5 Å². The molecule has 1 unspecified atom stereocenters. The highest BCUT2D eigenvalue weighted by molar-refractivity contribution is 6.31. The molecule has 1 aromatic heterocycles. The van der Waals surface area contributed by atoms with E-state index in [0.29, 0.717) is 10.9 Å². The van der Waals surface area contributed by atoms with E-state index in [1.807, 2.05) is 6.07 Å². The van der Waals surface area contributed by atoms with Crippen molar-refractivity contribution in [1.82, 2.24) is 4.98 Å². The van der Waals surface area contributed by atoms with Crippen molar-refractivity contribution in [2.75, 3.05) is 6.54 Å². The molecule has 0 saturated carbocycles. The maximum absolute atomic E-state index is 10.6. The average molecular weight is 373 g/mol. The van der Waals surface area contributed by atoms with Crippen molar-refractivity contribution in [3.8, 4) is 0 Å². The Kier molecular flexibility index (Phi) is 6.00. The monoisotopic (exact) mass is 372 g/mol. The smallest absolute Gasteiger partial charge is 0.475 e. The van der Waals surface area contributed by atoms with E-state index in [-0.39, 0.29) is 0 Å². The Morgan fingerprint density at radius 2 is 2.00 bits per heavy atom. The number of benzene rings is 1. The summed E-state index contributed by atoms with van der Waals surface area (Å²) in [6.45, 7) is 3.20. The van der Waals surface area contributed by atoms with Crippen LogP contribution in [0.2, 0.25) is 5.02 Å². The number of hydrogen-bond acceptors (Lipinski definition) is 3. The van der Waals surface area contributed by atoms with Crippen LogP contribution in [0.3, 0.4) is 0 Å². The van der Waals surface area contributed by atoms with Gasteiger partial charge < -0.3 is 5.11 Å². The molecule has 0 radical (unpaired) electrons. The fourth-order valence-corrected chi connectivity index (χ4v) is 2.50. The Hall–Kier alpha value is -2.15. The normalized spacial score (nSPS) is 17.5. The summed E-state index contributed by atoms with van der Waals surface area (Å²) in [4.78, 5) is 17.9. The van der Waals surface area contributed by atoms with Crippen LogP contribution in [0.5, 0.6) is 0 Å². The molecular weight excluding hydrogens is 357 g/mol. The first-order valence-electron chi connectivity index (χ1n) is 7.56. The molecule has 0 amide bonds. The predicted molar refractivity (Wildman–Crippen MR) is 90.2 cm³/mol. The van der Waals surface area contributed by atoms with Gasteiger partial charge in [-0.2, -0.15) is 13.2 Å². The quantitative estimate of drug-likeness (QED) is 0.786. The molecule has 0 aliphatic carbocycles. The Balaban J connectivity index is 0.000000277. The van der Waals surface area contributed by atoms with E-state index in [1.54, 1.807) is 6.20 Å². The van der Waals surface area contributed by atoms with Crippen LogP contribution in [-0.4, -0.2) is 34.5 Å². The van der Waals surface area contributed by atoms with Gasteiger partial charge in [-0.25, -0.2) is 4.79 Å². The molecule has 134 valence electrons. The molecule has 8 heteroatoms. The summed E-state index contributed by atoms with van der Waals surface area (Å²) in [6, 6.07) is 8.25. The Morgan fingerprint density at radius 1 is 1.32 bits per heavy atom. The van der Waals surface area contributed by atoms with Gasteiger partial charge in [-0.1, -0.05) is 30.7 Å². The number of fused-ring (bicyclic) bond motifs is 1. The second-order valence-electron chi connectivity index (χ2n) is 5.80. The largest absolute Gasteiger partial charge is 0.490 e. The van der Waals surface area contributed by atoms with Crippen LogP contribution in [0.15, 0.2) is 35.5 Å². The highest BCUT2D eigenvalue weighted by Gasteiger charge is 2.38. The second-order valence-corrected chi connectivity index (χ2v) is 6.23. The zero-order chi connectivity index (χ0) is 18.6. The van der Waals surface area contributed by atoms with Gasteiger partial charge >= 0.3 is 12.1 Å². The van der Waals surface area contributed by atoms with Crippen LogP contribution in [0.1, 0.15) is 25.3 Å². The van der Waals surface area contributed by atoms with Crippen molar-refractivity contribution in [3.05, 3.63) is 41.0 Å². The average Bonchev–Trinajstić information content (AvgIpc) is 2.55. The van der Waals surface area contributed by atoms with Gasteiger partial charge in [-0.15, -0.1) is 0 Å². The SMILES string of the molecule is CC1CCC(c2ccc3cc(Cl)cnc3c2)=NC1.O=C(O)C(F)(F)F. The van der Waals surface area contributed by atoms with Gasteiger partial charge in [0.25, 0.3) is 0 Å². The number of aliphatic carboxylic acids is 1. The molecule has 1 aromatic carbocycles. The van der Waals surface area contributed by atoms with Crippen molar-refractivity contribution in [3.63, 3.8) is 0 Å². The van der Waals surface area contributed by atoms with E-state index < -0.39 is 12.1 Å². The molecule has 1 aliphatic heterocycles. The topological polar surface area (TPSA) is 62.5 Å². The van der Waals surface area contributed by atoms with Gasteiger partial charge in [0.15, 0.2) is 0 Å². The van der Waals surface area contributed by atoms with Crippen LogP contribution in [0.4, 0.5) is 13.2 Å². The first-order chi connectivity index (χ1) is 11.7. The molecule has 25 heavy (non-hydrogen) atoms. The number of hydrogen-bond donors (Lipinski definition) is 1. The molecule has 1 aliphatic rings. The van der Waals surface area contributed by atoms with Crippen molar-refractivity contribution in [2.45, 2.75) is 25.9 Å². The minimum absolute atomic E-state index is 0.680. The molecular formula is C17H16ClF3N2O2. The molecule has 2 aromatic rings. The maximum Gasteiger partial charge on any atom is 0.490 e. The maximum atomic E-state index is 10.6. The molecule has 4 nitrogen and oxygen atoms in total. The van der Waals surface area contributed by atoms with Gasteiger partial charge in [-0.05, 0) is 36.5 Å². The third-order valence-electron chi connectivity index (χ3n) is 3.69. The summed E-state index contributed by atoms with van der Waals surface area (Å²) in [5.74, 6) is -2.04. The van der Waals surface area contributed by atoms with Crippen molar-refractivity contribution >= 4 is 34.2 Å². The third kappa shape index (κ3) is 5.42. The second kappa shape index (κ2) is 7.82. The highest BCUT2D eigenvalue weighted by Crippen LogP contribution is 2.22. The van der Waals surface area contributed by atoms with Gasteiger partial charge in [0.1, 0.15) is 0 Å². The van der Waals surface area contributed by atoms with Gasteiger partial charge in [0.2, 0.25) is 0 Å². The number of nitrogens with zero attached hydrogens (tertiary/aromatic N) is 2. The molecule has 0 saturated heterocycles. The first kappa shape index (κ1) is 19.2. The number of carboxylic acid groups (broad SMARTS) is 1. The molecule has 1 N–H and O–H groups in total. The number of carboxylic acids is 1. The van der Waals surface area contributed by atoms with Crippen LogP contribution >= 0.6 is 11.6 Å². The number of carbonyl (C=O) groups is 1. The lowest BCUT2D eigenvalue weighted by Crippen LogP contribution is -2.21. The van der Waals surface area contributed by atoms with Gasteiger partial charge in [0, 0.05) is 23.8 Å². The van der Waals surface area contributed by atoms with Crippen LogP contribution in [-0.2, 0) is 4.79 Å². The molecule has 0 bridgehead atoms. The van der Waals surface area contributed by atoms with Gasteiger partial charge in [-0.3, -0.25) is 9.98 Å². The zero-order valence-electron chi connectivity index (χ0n) is 13.3. The fraction of sp³-hybridized carbons (Fsp3) is 0.353. The minimum atomic E-state index is -5.08. The lowest BCUT2D eigenvalue weighted by molar-refractivity contribution is -0.192. The van der Waals surface area contributed by atoms with Crippen LogP contribution < -0.4 is 0 Å². The predicted octanol–water partition coefficient (Wildman–Crippen LogP) is 4.74. The van der Waals surface area contributed by atoms with E-state index in [1.165, 1.54) is 17.7 Å². The van der Waals surface area contributed by atoms with Crippen molar-refractivity contribution < 1.29 is 23.1 Å². The standard InChI is InChI=1S/C15H15ClN2.C2HF3O2/c1-10-2-5-14(17-8-10)12-4-3-11-6-13(16)9-18-15(11)7-12;3-2(4,5)1(6)7/h3-4,6-7,9-10H,2,5,8H2,1H3;(H,6,7). The number of aromatic nitrogens is 1. The zero-order valence-corrected chi connectivity index (χ0v) is 14.1. The number of halogens is 4. The molecule has 3 rings (SSSR count). The Bertz CT molecular complexity index is 806. The lowest BCUT2D eigenvalue weighted by atomic mass is 9.95. The summed E-state index contributed by atoms with van der Waals surface area (Å²) < 4.78 is 31.7. The first-order valence-corrected chi connectivity index (χ1v) is 7.93. The van der Waals surface area contributed by atoms with Crippen LogP contribution in [0.25, 0.3) is 10.9 Å². The summed E-state index contributed by atoms with van der Waals surface area (Å²) in [7, 11) is 0. The lowest BCUT2D eigenvalue weighted by Gasteiger charge is -2.17. The molecule has 0 fully saturated rings. The highest BCUT2D eigenvalue weighted by atomic mass is 35.5. The third-order valence-corrected chi connectivity index (χ3v) is 3.90. The number of pyridine rings is 1. The minimum Gasteiger partial charge on any atom is -0.475 e. The number of rotatable bonds is 1. The molecule has 0 spiro atoms. The summed E-state index contributed by atoms with van der Waals surface area (Å²) in [5.41, 5.74) is 3.40. The van der Waals surface area contributed by atoms with Crippen molar-refractivity contribution in [1.29, 1.82) is 0 Å². The molecule has 1 atom stereocenters. The van der Waals surface area contributed by atoms with E-state index in [0.717, 1.165) is 23.9 Å². The van der Waals surface area contributed by atoms with Crippen LogP contribution in [0, 0.1) is 5.92 Å². The summed E-state index contributed by atoms with van der Waals surface area (Å²) in [6.07, 6.45) is -1.09. The van der Waals surface area contributed by atoms with E-state index in [9.17, 15) is 13.2 Å². The Morgan fingerprint density at radius 3 is 2.56 bits per heavy atom. The van der Waals surface area contributed by atoms with Crippen molar-refractivity contribution in [2.24, 2.45) is 10.9 Å². The summed E-state index contributed by atoms with van der Waals surface area (Å²) in [5, 5.41) is 8.88. The number of alkyl halides is 3. The fourth-order valence-electron chi connectivity index (χ4n) is 2.33. The summed E-state index contributed by atoms with van der Waals surface area (Å²) >= 11 is 5.94. The van der Waals surface area contributed by atoms with E-state index in [4.69, 9.17) is 21.5 Å². The van der Waals surface area contributed by atoms with E-state index >= 15 is 0 Å². The van der Waals surface area contributed by atoms with E-state index in [2.05, 4.69) is 35.1 Å².